The molecule has 0 saturated heterocycles. The number of nitrogens with zero attached hydrogens (tertiary/aromatic N) is 2. The van der Waals surface area contributed by atoms with Gasteiger partial charge in [0, 0.05) is 19.3 Å². The maximum Gasteiger partial charge on any atom is 0.0543 e. The second-order valence-corrected chi connectivity index (χ2v) is 5.37. The summed E-state index contributed by atoms with van der Waals surface area (Å²) in [5.41, 5.74) is 3.96. The van der Waals surface area contributed by atoms with E-state index < -0.39 is 0 Å². The zero-order valence-corrected chi connectivity index (χ0v) is 13.0. The van der Waals surface area contributed by atoms with Crippen LogP contribution in [0.25, 0.3) is 0 Å². The molecule has 0 aliphatic carbocycles. The van der Waals surface area contributed by atoms with E-state index in [1.165, 1.54) is 11.1 Å². The standard InChI is InChI=1S/C18H25N3/c1-3-19-13-11-16-8-4-5-9-17(16)14-21(2)15-18-10-6-7-12-20-18/h4-10,12,19H,3,11,13-15H2,1-2H3. The van der Waals surface area contributed by atoms with E-state index in [-0.39, 0.29) is 0 Å². The lowest BCUT2D eigenvalue weighted by molar-refractivity contribution is 0.314. The van der Waals surface area contributed by atoms with Crippen LogP contribution in [0.3, 0.4) is 0 Å². The molecule has 3 nitrogen and oxygen atoms in total. The Morgan fingerprint density at radius 3 is 2.48 bits per heavy atom. The van der Waals surface area contributed by atoms with E-state index in [0.717, 1.165) is 38.3 Å². The van der Waals surface area contributed by atoms with Crippen molar-refractivity contribution in [3.63, 3.8) is 0 Å². The molecule has 0 aliphatic rings. The van der Waals surface area contributed by atoms with E-state index in [4.69, 9.17) is 0 Å². The van der Waals surface area contributed by atoms with Gasteiger partial charge in [0.2, 0.25) is 0 Å². The Hall–Kier alpha value is -1.71. The molecule has 2 aromatic rings. The molecule has 21 heavy (non-hydrogen) atoms. The molecular weight excluding hydrogens is 258 g/mol. The van der Waals surface area contributed by atoms with Gasteiger partial charge in [0.05, 0.1) is 5.69 Å². The van der Waals surface area contributed by atoms with Gasteiger partial charge in [-0.3, -0.25) is 9.88 Å². The van der Waals surface area contributed by atoms with Crippen LogP contribution in [-0.2, 0) is 19.5 Å². The van der Waals surface area contributed by atoms with Gasteiger partial charge in [-0.15, -0.1) is 0 Å². The molecular formula is C18H25N3. The van der Waals surface area contributed by atoms with Gasteiger partial charge in [0.25, 0.3) is 0 Å². The van der Waals surface area contributed by atoms with Gasteiger partial charge in [-0.05, 0) is 49.8 Å². The van der Waals surface area contributed by atoms with Crippen LogP contribution in [0.2, 0.25) is 0 Å². The Bertz CT molecular complexity index is 525. The van der Waals surface area contributed by atoms with Crippen molar-refractivity contribution in [1.82, 2.24) is 15.2 Å². The van der Waals surface area contributed by atoms with E-state index in [9.17, 15) is 0 Å². The zero-order chi connectivity index (χ0) is 14.9. The summed E-state index contributed by atoms with van der Waals surface area (Å²) in [6, 6.07) is 14.8. The Morgan fingerprint density at radius 2 is 1.76 bits per heavy atom. The van der Waals surface area contributed by atoms with Gasteiger partial charge in [-0.25, -0.2) is 0 Å². The zero-order valence-electron chi connectivity index (χ0n) is 13.0. The van der Waals surface area contributed by atoms with Gasteiger partial charge < -0.3 is 5.32 Å². The number of hydrogen-bond acceptors (Lipinski definition) is 3. The molecule has 3 heteroatoms. The van der Waals surface area contributed by atoms with Crippen LogP contribution < -0.4 is 5.32 Å². The molecule has 0 radical (unpaired) electrons. The molecule has 112 valence electrons. The molecule has 0 unspecified atom stereocenters. The predicted octanol–water partition coefficient (Wildman–Crippen LogP) is 2.87. The number of benzene rings is 1. The highest BCUT2D eigenvalue weighted by Gasteiger charge is 2.06. The number of hydrogen-bond donors (Lipinski definition) is 1. The molecule has 0 bridgehead atoms. The topological polar surface area (TPSA) is 28.2 Å². The van der Waals surface area contributed by atoms with E-state index >= 15 is 0 Å². The molecule has 1 heterocycles. The summed E-state index contributed by atoms with van der Waals surface area (Å²) >= 11 is 0. The minimum Gasteiger partial charge on any atom is -0.317 e. The van der Waals surface area contributed by atoms with E-state index in [2.05, 4.69) is 59.5 Å². The molecule has 1 aromatic heterocycles. The fourth-order valence-corrected chi connectivity index (χ4v) is 2.47. The highest BCUT2D eigenvalue weighted by molar-refractivity contribution is 5.27. The van der Waals surface area contributed by atoms with Crippen LogP contribution in [0.4, 0.5) is 0 Å². The lowest BCUT2D eigenvalue weighted by atomic mass is 10.0. The quantitative estimate of drug-likeness (QED) is 0.755. The summed E-state index contributed by atoms with van der Waals surface area (Å²) in [5, 5.41) is 3.39. The fourth-order valence-electron chi connectivity index (χ4n) is 2.47. The van der Waals surface area contributed by atoms with Gasteiger partial charge >= 0.3 is 0 Å². The molecule has 0 amide bonds. The maximum absolute atomic E-state index is 4.39. The van der Waals surface area contributed by atoms with Crippen LogP contribution in [0.5, 0.6) is 0 Å². The normalized spacial score (nSPS) is 11.0. The number of aromatic nitrogens is 1. The van der Waals surface area contributed by atoms with Crippen LogP contribution in [-0.4, -0.2) is 30.0 Å². The van der Waals surface area contributed by atoms with Crippen molar-refractivity contribution < 1.29 is 0 Å². The molecule has 0 aliphatic heterocycles. The first-order chi connectivity index (χ1) is 10.3. The average Bonchev–Trinajstić information content (AvgIpc) is 2.50. The highest BCUT2D eigenvalue weighted by Crippen LogP contribution is 2.13. The minimum atomic E-state index is 0.877. The van der Waals surface area contributed by atoms with Crippen molar-refractivity contribution in [2.45, 2.75) is 26.4 Å². The third kappa shape index (κ3) is 5.29. The average molecular weight is 283 g/mol. The smallest absolute Gasteiger partial charge is 0.0543 e. The molecule has 0 saturated carbocycles. The van der Waals surface area contributed by atoms with Gasteiger partial charge in [-0.1, -0.05) is 37.3 Å². The van der Waals surface area contributed by atoms with Gasteiger partial charge in [0.1, 0.15) is 0 Å². The molecule has 0 fully saturated rings. The number of pyridine rings is 1. The fraction of sp³-hybridized carbons (Fsp3) is 0.389. The number of likely N-dealkylation sites (N-methyl/N-ethyl adjacent to an activating group) is 1. The van der Waals surface area contributed by atoms with Crippen molar-refractivity contribution in [3.05, 3.63) is 65.5 Å². The monoisotopic (exact) mass is 283 g/mol. The summed E-state index contributed by atoms with van der Waals surface area (Å²) in [6.07, 6.45) is 2.94. The SMILES string of the molecule is CCNCCc1ccccc1CN(C)Cc1ccccn1. The summed E-state index contributed by atoms with van der Waals surface area (Å²) < 4.78 is 0. The summed E-state index contributed by atoms with van der Waals surface area (Å²) in [7, 11) is 2.15. The van der Waals surface area contributed by atoms with E-state index in [1.54, 1.807) is 0 Å². The summed E-state index contributed by atoms with van der Waals surface area (Å²) in [5.74, 6) is 0. The third-order valence-electron chi connectivity index (χ3n) is 3.54. The molecule has 0 atom stereocenters. The minimum absolute atomic E-state index is 0.877. The first-order valence-electron chi connectivity index (χ1n) is 7.65. The second kappa shape index (κ2) is 8.55. The molecule has 1 N–H and O–H groups in total. The lowest BCUT2D eigenvalue weighted by Crippen LogP contribution is -2.20. The van der Waals surface area contributed by atoms with Crippen LogP contribution >= 0.6 is 0 Å². The van der Waals surface area contributed by atoms with Crippen molar-refractivity contribution in [1.29, 1.82) is 0 Å². The van der Waals surface area contributed by atoms with Gasteiger partial charge in [-0.2, -0.15) is 0 Å². The second-order valence-electron chi connectivity index (χ2n) is 5.37. The Labute approximate surface area is 128 Å². The van der Waals surface area contributed by atoms with Crippen molar-refractivity contribution in [2.75, 3.05) is 20.1 Å². The Balaban J connectivity index is 1.95. The molecule has 2 rings (SSSR count). The molecule has 0 spiro atoms. The first-order valence-corrected chi connectivity index (χ1v) is 7.65. The predicted molar refractivity (Wildman–Crippen MR) is 88.1 cm³/mol. The maximum atomic E-state index is 4.39. The summed E-state index contributed by atoms with van der Waals surface area (Å²) in [4.78, 5) is 6.71. The third-order valence-corrected chi connectivity index (χ3v) is 3.54. The highest BCUT2D eigenvalue weighted by atomic mass is 15.1. The van der Waals surface area contributed by atoms with Gasteiger partial charge in [0.15, 0.2) is 0 Å². The van der Waals surface area contributed by atoms with E-state index in [1.807, 2.05) is 18.3 Å². The van der Waals surface area contributed by atoms with Crippen molar-refractivity contribution in [2.24, 2.45) is 0 Å². The Morgan fingerprint density at radius 1 is 1.00 bits per heavy atom. The Kier molecular flexibility index (Phi) is 6.38. The largest absolute Gasteiger partial charge is 0.317 e. The van der Waals surface area contributed by atoms with E-state index in [0.29, 0.717) is 0 Å². The van der Waals surface area contributed by atoms with Crippen LogP contribution in [0.15, 0.2) is 48.7 Å². The summed E-state index contributed by atoms with van der Waals surface area (Å²) in [6.45, 7) is 6.05. The van der Waals surface area contributed by atoms with Crippen LogP contribution in [0, 0.1) is 0 Å². The number of nitrogens with one attached hydrogen (secondary N) is 1. The lowest BCUT2D eigenvalue weighted by Gasteiger charge is -2.18. The first kappa shape index (κ1) is 15.7. The van der Waals surface area contributed by atoms with Crippen molar-refractivity contribution in [3.8, 4) is 0 Å². The van der Waals surface area contributed by atoms with Crippen LogP contribution in [0.1, 0.15) is 23.7 Å². The number of rotatable bonds is 8. The molecule has 1 aromatic carbocycles. The van der Waals surface area contributed by atoms with Crippen molar-refractivity contribution >= 4 is 0 Å².